The first kappa shape index (κ1) is 20.1. The fraction of sp³-hybridized carbons (Fsp3) is 1.00. The van der Waals surface area contributed by atoms with Gasteiger partial charge in [0.25, 0.3) is 0 Å². The Hall–Kier alpha value is 0.0169. The topological polar surface area (TPSA) is 43.0 Å². The van der Waals surface area contributed by atoms with Crippen LogP contribution in [0.4, 0.5) is 0 Å². The molecule has 1 saturated heterocycles. The molecule has 0 amide bonds. The van der Waals surface area contributed by atoms with E-state index in [4.69, 9.17) is 13.3 Å². The first-order valence-electron chi connectivity index (χ1n) is 8.68. The highest BCUT2D eigenvalue weighted by molar-refractivity contribution is 6.60. The summed E-state index contributed by atoms with van der Waals surface area (Å²) in [6, 6.07) is 0. The fourth-order valence-electron chi connectivity index (χ4n) is 3.54. The van der Waals surface area contributed by atoms with E-state index >= 15 is 0 Å². The van der Waals surface area contributed by atoms with Gasteiger partial charge >= 0.3 is 8.80 Å². The second kappa shape index (κ2) is 8.21. The van der Waals surface area contributed by atoms with Crippen molar-refractivity contribution in [1.29, 1.82) is 0 Å². The number of hydrazine groups is 1. The highest BCUT2D eigenvalue weighted by Gasteiger charge is 2.46. The zero-order chi connectivity index (χ0) is 16.9. The maximum atomic E-state index is 5.94. The van der Waals surface area contributed by atoms with Crippen LogP contribution in [-0.4, -0.2) is 50.9 Å². The van der Waals surface area contributed by atoms with Gasteiger partial charge in [0.05, 0.1) is 6.17 Å². The van der Waals surface area contributed by atoms with Gasteiger partial charge in [0.2, 0.25) is 0 Å². The van der Waals surface area contributed by atoms with Crippen LogP contribution in [0.5, 0.6) is 0 Å². The summed E-state index contributed by atoms with van der Waals surface area (Å²) in [6.45, 7) is 17.0. The van der Waals surface area contributed by atoms with Crippen molar-refractivity contribution in [3.05, 3.63) is 0 Å². The Morgan fingerprint density at radius 2 is 1.27 bits per heavy atom. The third-order valence-electron chi connectivity index (χ3n) is 4.33. The smallest absolute Gasteiger partial charge is 0.373 e. The lowest BCUT2D eigenvalue weighted by atomic mass is 9.82. The van der Waals surface area contributed by atoms with Crippen LogP contribution in [0.3, 0.4) is 0 Å². The summed E-state index contributed by atoms with van der Waals surface area (Å²) in [5, 5.41) is 2.39. The summed E-state index contributed by atoms with van der Waals surface area (Å²) in [5.41, 5.74) is 3.85. The number of hydrogen-bond acceptors (Lipinski definition) is 5. The van der Waals surface area contributed by atoms with E-state index in [0.29, 0.717) is 26.0 Å². The number of piperidine rings is 1. The summed E-state index contributed by atoms with van der Waals surface area (Å²) in [4.78, 5) is 0. The lowest BCUT2D eigenvalue weighted by Crippen LogP contribution is -2.68. The third kappa shape index (κ3) is 5.01. The van der Waals surface area contributed by atoms with Crippen molar-refractivity contribution in [3.63, 3.8) is 0 Å². The first-order chi connectivity index (χ1) is 10.2. The van der Waals surface area contributed by atoms with Gasteiger partial charge in [-0.05, 0) is 67.7 Å². The molecule has 1 heterocycles. The second-order valence-electron chi connectivity index (χ2n) is 7.13. The van der Waals surface area contributed by atoms with Crippen molar-refractivity contribution in [2.75, 3.05) is 26.0 Å². The second-order valence-corrected chi connectivity index (χ2v) is 9.72. The molecule has 0 bridgehead atoms. The predicted molar refractivity (Wildman–Crippen MR) is 92.5 cm³/mol. The van der Waals surface area contributed by atoms with E-state index < -0.39 is 8.80 Å². The van der Waals surface area contributed by atoms with E-state index in [1.807, 2.05) is 20.8 Å². The molecule has 0 spiro atoms. The highest BCUT2D eigenvalue weighted by atomic mass is 28.4. The lowest BCUT2D eigenvalue weighted by molar-refractivity contribution is -0.0713. The number of nitrogens with one attached hydrogen (secondary N) is 1. The van der Waals surface area contributed by atoms with Crippen LogP contribution in [-0.2, 0) is 13.3 Å². The molecule has 5 nitrogen and oxygen atoms in total. The van der Waals surface area contributed by atoms with Crippen molar-refractivity contribution in [2.24, 2.45) is 0 Å². The molecule has 1 N–H and O–H groups in total. The molecular weight excluding hydrogens is 296 g/mol. The van der Waals surface area contributed by atoms with Crippen molar-refractivity contribution in [2.45, 2.75) is 78.8 Å². The molecule has 1 rings (SSSR count). The molecular formula is C16H36N2O3Si. The van der Waals surface area contributed by atoms with Crippen LogP contribution >= 0.6 is 0 Å². The molecule has 0 aromatic rings. The summed E-state index contributed by atoms with van der Waals surface area (Å²) in [6.07, 6.45) is 4.27. The molecule has 0 unspecified atom stereocenters. The van der Waals surface area contributed by atoms with E-state index in [1.54, 1.807) is 0 Å². The number of nitrogens with zero attached hydrogens (tertiary/aromatic N) is 1. The summed E-state index contributed by atoms with van der Waals surface area (Å²) in [7, 11) is -2.66. The Labute approximate surface area is 138 Å². The molecule has 0 atom stereocenters. The maximum absolute atomic E-state index is 5.94. The Kier molecular flexibility index (Phi) is 7.49. The van der Waals surface area contributed by atoms with E-state index in [-0.39, 0.29) is 11.1 Å². The van der Waals surface area contributed by atoms with E-state index in [9.17, 15) is 0 Å². The molecule has 0 aromatic heterocycles. The summed E-state index contributed by atoms with van der Waals surface area (Å²) < 4.78 is 17.8. The molecule has 132 valence electrons. The minimum absolute atomic E-state index is 0.118. The minimum Gasteiger partial charge on any atom is -0.373 e. The van der Waals surface area contributed by atoms with Gasteiger partial charge in [-0.15, -0.1) is 0 Å². The minimum atomic E-state index is -2.66. The van der Waals surface area contributed by atoms with Gasteiger partial charge < -0.3 is 13.3 Å². The van der Waals surface area contributed by atoms with Gasteiger partial charge in [-0.3, -0.25) is 0 Å². The van der Waals surface area contributed by atoms with Crippen molar-refractivity contribution < 1.29 is 13.3 Å². The van der Waals surface area contributed by atoms with Crippen LogP contribution in [0, 0.1) is 0 Å². The highest BCUT2D eigenvalue weighted by Crippen LogP contribution is 2.36. The van der Waals surface area contributed by atoms with Crippen molar-refractivity contribution in [1.82, 2.24) is 10.4 Å². The van der Waals surface area contributed by atoms with Gasteiger partial charge in [0.1, 0.15) is 0 Å². The average molecular weight is 333 g/mol. The summed E-state index contributed by atoms with van der Waals surface area (Å²) >= 11 is 0. The Bertz CT molecular complexity index is 304. The van der Waals surface area contributed by atoms with Crippen molar-refractivity contribution >= 4 is 8.80 Å². The molecule has 0 aliphatic carbocycles. The van der Waals surface area contributed by atoms with Gasteiger partial charge in [-0.25, -0.2) is 10.4 Å². The molecule has 1 aliphatic heterocycles. The SMILES string of the molecule is CCO[Si](CNN1C(C)(C)CCCC1(C)C)(OCC)OCC. The van der Waals surface area contributed by atoms with Crippen molar-refractivity contribution in [3.8, 4) is 0 Å². The molecule has 1 fully saturated rings. The molecule has 0 aromatic carbocycles. The quantitative estimate of drug-likeness (QED) is 0.657. The largest absolute Gasteiger partial charge is 0.516 e. The van der Waals surface area contributed by atoms with E-state index in [2.05, 4.69) is 38.1 Å². The fourth-order valence-corrected chi connectivity index (χ4v) is 5.77. The zero-order valence-corrected chi connectivity index (χ0v) is 16.6. The van der Waals surface area contributed by atoms with Crippen LogP contribution in [0.1, 0.15) is 67.7 Å². The predicted octanol–water partition coefficient (Wildman–Crippen LogP) is 3.12. The van der Waals surface area contributed by atoms with E-state index in [1.165, 1.54) is 19.3 Å². The molecule has 0 saturated carbocycles. The number of hydrogen-bond donors (Lipinski definition) is 1. The summed E-state index contributed by atoms with van der Waals surface area (Å²) in [5.74, 6) is 0. The Balaban J connectivity index is 2.84. The van der Waals surface area contributed by atoms with Gasteiger partial charge in [0.15, 0.2) is 0 Å². The van der Waals surface area contributed by atoms with Gasteiger partial charge in [-0.2, -0.15) is 0 Å². The zero-order valence-electron chi connectivity index (χ0n) is 15.6. The molecule has 0 radical (unpaired) electrons. The third-order valence-corrected chi connectivity index (χ3v) is 7.11. The maximum Gasteiger partial charge on any atom is 0.516 e. The normalized spacial score (nSPS) is 22.0. The van der Waals surface area contributed by atoms with Crippen LogP contribution in [0.2, 0.25) is 0 Å². The van der Waals surface area contributed by atoms with Crippen LogP contribution in [0.25, 0.3) is 0 Å². The number of rotatable bonds is 9. The average Bonchev–Trinajstić information content (AvgIpc) is 2.37. The van der Waals surface area contributed by atoms with Crippen LogP contribution in [0.15, 0.2) is 0 Å². The molecule has 1 aliphatic rings. The first-order valence-corrected chi connectivity index (χ1v) is 10.6. The molecule has 22 heavy (non-hydrogen) atoms. The van der Waals surface area contributed by atoms with Gasteiger partial charge in [0, 0.05) is 30.9 Å². The monoisotopic (exact) mass is 332 g/mol. The van der Waals surface area contributed by atoms with E-state index in [0.717, 1.165) is 0 Å². The van der Waals surface area contributed by atoms with Gasteiger partial charge in [-0.1, -0.05) is 0 Å². The Morgan fingerprint density at radius 3 is 1.64 bits per heavy atom. The molecule has 6 heteroatoms. The van der Waals surface area contributed by atoms with Crippen LogP contribution < -0.4 is 5.43 Å². The standard InChI is InChI=1S/C16H36N2O3Si/c1-8-19-22(20-9-2,21-10-3)14-17-18-15(4,5)12-11-13-16(18,6)7/h17H,8-14H2,1-7H3. The Morgan fingerprint density at radius 1 is 0.864 bits per heavy atom. The lowest BCUT2D eigenvalue weighted by Gasteiger charge is -2.53.